The van der Waals surface area contributed by atoms with Gasteiger partial charge in [-0.1, -0.05) is 12.1 Å². The molecule has 7 heteroatoms. The number of thiol groups is 2. The zero-order valence-corrected chi connectivity index (χ0v) is 10.6. The van der Waals surface area contributed by atoms with E-state index in [-0.39, 0.29) is 11.3 Å². The fourth-order valence-electron chi connectivity index (χ4n) is 0.733. The van der Waals surface area contributed by atoms with Gasteiger partial charge in [-0.05, 0) is 12.1 Å². The number of carbonyl (C=O) groups is 2. The third-order valence-corrected chi connectivity index (χ3v) is 2.43. The maximum Gasteiger partial charge on any atom is 0.336 e. The number of carboxylic acids is 2. The highest BCUT2D eigenvalue weighted by molar-refractivity contribution is 7.80. The van der Waals surface area contributed by atoms with E-state index in [9.17, 15) is 9.59 Å². The average Bonchev–Trinajstić information content (AvgIpc) is 2.28. The van der Waals surface area contributed by atoms with Crippen LogP contribution in [0.25, 0.3) is 0 Å². The van der Waals surface area contributed by atoms with E-state index in [1.165, 1.54) is 6.07 Å². The van der Waals surface area contributed by atoms with Gasteiger partial charge in [0.2, 0.25) is 0 Å². The van der Waals surface area contributed by atoms with E-state index in [4.69, 9.17) is 15.9 Å². The Hall–Kier alpha value is -1.18. The summed E-state index contributed by atoms with van der Waals surface area (Å²) >= 11 is 7.61. The summed E-state index contributed by atoms with van der Waals surface area (Å²) in [5, 5.41) is 16.5. The number of aromatic carboxylic acids is 1. The molecule has 0 bridgehead atoms. The lowest BCUT2D eigenvalue weighted by Gasteiger charge is -1.96. The molecular formula is C10H13NO4S2. The standard InChI is InChI=1S/C7H6O2S.C3H7NO2S/c8-7(9)5-3-1-2-4-6(5)10;4-2(1-7)3(5)6/h1-4,10H,(H,8,9);2,7H,1,4H2,(H,5,6)/t;2-/m.0/s1. The molecule has 1 aromatic rings. The van der Waals surface area contributed by atoms with Crippen molar-refractivity contribution in [1.29, 1.82) is 0 Å². The second-order valence-corrected chi connectivity index (χ2v) is 3.80. The largest absolute Gasteiger partial charge is 0.480 e. The molecule has 94 valence electrons. The maximum atomic E-state index is 10.4. The Kier molecular flexibility index (Phi) is 7.44. The van der Waals surface area contributed by atoms with Gasteiger partial charge in [0.05, 0.1) is 5.56 Å². The van der Waals surface area contributed by atoms with E-state index in [1.54, 1.807) is 18.2 Å². The van der Waals surface area contributed by atoms with Crippen molar-refractivity contribution >= 4 is 37.2 Å². The van der Waals surface area contributed by atoms with Crippen molar-refractivity contribution < 1.29 is 19.8 Å². The van der Waals surface area contributed by atoms with Crippen LogP contribution in [-0.4, -0.2) is 33.9 Å². The molecule has 0 spiro atoms. The highest BCUT2D eigenvalue weighted by Crippen LogP contribution is 2.11. The summed E-state index contributed by atoms with van der Waals surface area (Å²) in [4.78, 5) is 20.6. The second kappa shape index (κ2) is 7.99. The van der Waals surface area contributed by atoms with Gasteiger partial charge in [0.15, 0.2) is 0 Å². The van der Waals surface area contributed by atoms with Crippen LogP contribution in [-0.2, 0) is 4.79 Å². The number of rotatable bonds is 3. The van der Waals surface area contributed by atoms with Crippen LogP contribution in [0.2, 0.25) is 0 Å². The van der Waals surface area contributed by atoms with Gasteiger partial charge in [-0.2, -0.15) is 12.6 Å². The first kappa shape index (κ1) is 15.8. The summed E-state index contributed by atoms with van der Waals surface area (Å²) in [6.45, 7) is 0. The minimum Gasteiger partial charge on any atom is -0.480 e. The van der Waals surface area contributed by atoms with E-state index in [0.717, 1.165) is 0 Å². The lowest BCUT2D eigenvalue weighted by molar-refractivity contribution is -0.137. The normalized spacial score (nSPS) is 11.0. The molecule has 0 aliphatic rings. The Morgan fingerprint density at radius 2 is 1.82 bits per heavy atom. The molecule has 5 nitrogen and oxygen atoms in total. The van der Waals surface area contributed by atoms with Gasteiger partial charge in [-0.15, -0.1) is 12.6 Å². The minimum absolute atomic E-state index is 0.190. The molecule has 0 aliphatic carbocycles. The molecule has 0 saturated carbocycles. The van der Waals surface area contributed by atoms with Crippen LogP contribution in [0.1, 0.15) is 10.4 Å². The molecule has 4 N–H and O–H groups in total. The van der Waals surface area contributed by atoms with Gasteiger partial charge >= 0.3 is 11.9 Å². The van der Waals surface area contributed by atoms with E-state index >= 15 is 0 Å². The van der Waals surface area contributed by atoms with Crippen molar-refractivity contribution in [2.45, 2.75) is 10.9 Å². The topological polar surface area (TPSA) is 101 Å². The molecular weight excluding hydrogens is 262 g/mol. The Labute approximate surface area is 109 Å². The zero-order valence-electron chi connectivity index (χ0n) is 8.78. The van der Waals surface area contributed by atoms with Crippen LogP contribution in [0.4, 0.5) is 0 Å². The van der Waals surface area contributed by atoms with Gasteiger partial charge in [0, 0.05) is 10.6 Å². The summed E-state index contributed by atoms with van der Waals surface area (Å²) in [5.74, 6) is -1.75. The fraction of sp³-hybridized carbons (Fsp3) is 0.200. The minimum atomic E-state index is -1.00. The molecule has 17 heavy (non-hydrogen) atoms. The summed E-state index contributed by atoms with van der Waals surface area (Å²) in [6, 6.07) is 5.76. The third kappa shape index (κ3) is 6.20. The maximum absolute atomic E-state index is 10.4. The molecule has 0 fully saturated rings. The Balaban J connectivity index is 0.000000325. The second-order valence-electron chi connectivity index (χ2n) is 2.95. The highest BCUT2D eigenvalue weighted by atomic mass is 32.1. The van der Waals surface area contributed by atoms with Crippen LogP contribution in [0.15, 0.2) is 29.2 Å². The number of benzene rings is 1. The van der Waals surface area contributed by atoms with Crippen LogP contribution in [0, 0.1) is 0 Å². The van der Waals surface area contributed by atoms with E-state index in [2.05, 4.69) is 25.3 Å². The Bertz CT molecular complexity index is 398. The van der Waals surface area contributed by atoms with Crippen molar-refractivity contribution in [3.63, 3.8) is 0 Å². The van der Waals surface area contributed by atoms with Crippen LogP contribution >= 0.6 is 25.3 Å². The number of hydrogen-bond donors (Lipinski definition) is 5. The van der Waals surface area contributed by atoms with Gasteiger partial charge in [0.1, 0.15) is 6.04 Å². The molecule has 1 aromatic carbocycles. The fourth-order valence-corrected chi connectivity index (χ4v) is 1.15. The quantitative estimate of drug-likeness (QED) is 0.530. The summed E-state index contributed by atoms with van der Waals surface area (Å²) in [5.41, 5.74) is 5.18. The van der Waals surface area contributed by atoms with Crippen molar-refractivity contribution in [2.24, 2.45) is 5.73 Å². The predicted molar refractivity (Wildman–Crippen MR) is 70.1 cm³/mol. The van der Waals surface area contributed by atoms with Gasteiger partial charge in [-0.25, -0.2) is 4.79 Å². The first-order valence-corrected chi connectivity index (χ1v) is 5.58. The Morgan fingerprint density at radius 1 is 1.29 bits per heavy atom. The van der Waals surface area contributed by atoms with E-state index < -0.39 is 18.0 Å². The lowest BCUT2D eigenvalue weighted by Crippen LogP contribution is -2.31. The monoisotopic (exact) mass is 275 g/mol. The van der Waals surface area contributed by atoms with Crippen molar-refractivity contribution in [1.82, 2.24) is 0 Å². The van der Waals surface area contributed by atoms with Gasteiger partial charge in [0.25, 0.3) is 0 Å². The number of aliphatic carboxylic acids is 1. The highest BCUT2D eigenvalue weighted by Gasteiger charge is 2.06. The average molecular weight is 275 g/mol. The smallest absolute Gasteiger partial charge is 0.336 e. The van der Waals surface area contributed by atoms with Crippen molar-refractivity contribution in [2.75, 3.05) is 5.75 Å². The molecule has 0 aliphatic heterocycles. The molecule has 0 radical (unpaired) electrons. The predicted octanol–water partition coefficient (Wildman–Crippen LogP) is 1.00. The molecule has 0 aromatic heterocycles. The lowest BCUT2D eigenvalue weighted by atomic mass is 10.2. The molecule has 0 amide bonds. The summed E-state index contributed by atoms with van der Waals surface area (Å²) in [6.07, 6.45) is 0. The number of nitrogens with two attached hydrogens (primary N) is 1. The molecule has 1 atom stereocenters. The Morgan fingerprint density at radius 3 is 2.06 bits per heavy atom. The van der Waals surface area contributed by atoms with Crippen LogP contribution in [0.5, 0.6) is 0 Å². The van der Waals surface area contributed by atoms with Crippen molar-refractivity contribution in [3.05, 3.63) is 29.8 Å². The molecule has 0 heterocycles. The summed E-state index contributed by atoms with van der Waals surface area (Å²) in [7, 11) is 0. The zero-order chi connectivity index (χ0) is 13.4. The number of hydrogen-bond acceptors (Lipinski definition) is 5. The molecule has 0 saturated heterocycles. The SMILES string of the molecule is N[C@@H](CS)C(=O)O.O=C(O)c1ccccc1S. The van der Waals surface area contributed by atoms with Gasteiger partial charge < -0.3 is 15.9 Å². The van der Waals surface area contributed by atoms with E-state index in [1.807, 2.05) is 0 Å². The number of carboxylic acid groups (broad SMARTS) is 2. The van der Waals surface area contributed by atoms with Crippen LogP contribution < -0.4 is 5.73 Å². The van der Waals surface area contributed by atoms with Crippen molar-refractivity contribution in [3.8, 4) is 0 Å². The van der Waals surface area contributed by atoms with E-state index in [0.29, 0.717) is 4.90 Å². The van der Waals surface area contributed by atoms with Gasteiger partial charge in [-0.3, -0.25) is 4.79 Å². The first-order valence-electron chi connectivity index (χ1n) is 4.50. The summed E-state index contributed by atoms with van der Waals surface area (Å²) < 4.78 is 0. The third-order valence-electron chi connectivity index (χ3n) is 1.65. The first-order chi connectivity index (χ1) is 7.90. The molecule has 0 unspecified atom stereocenters. The van der Waals surface area contributed by atoms with Crippen LogP contribution in [0.3, 0.4) is 0 Å². The molecule has 1 rings (SSSR count).